The van der Waals surface area contributed by atoms with Crippen molar-refractivity contribution in [2.75, 3.05) is 5.84 Å². The average Bonchev–Trinajstić information content (AvgIpc) is 2.82. The first-order chi connectivity index (χ1) is 11.2. The second-order valence-corrected chi connectivity index (χ2v) is 5.91. The number of hydrogen-bond acceptors (Lipinski definition) is 1. The van der Waals surface area contributed by atoms with Crippen LogP contribution in [0.1, 0.15) is 11.3 Å². The number of nitrogens with two attached hydrogens (primary N) is 1. The van der Waals surface area contributed by atoms with Gasteiger partial charge in [-0.15, -0.1) is 0 Å². The number of aryl methyl sites for hydroxylation is 1. The van der Waals surface area contributed by atoms with Gasteiger partial charge >= 0.3 is 0 Å². The zero-order valence-electron chi connectivity index (χ0n) is 13.1. The van der Waals surface area contributed by atoms with Crippen LogP contribution in [-0.2, 0) is 0 Å². The fraction of sp³-hybridized carbons (Fsp3) is 0.0476. The van der Waals surface area contributed by atoms with Crippen LogP contribution in [0.3, 0.4) is 0 Å². The van der Waals surface area contributed by atoms with Crippen molar-refractivity contribution in [2.24, 2.45) is 0 Å². The number of nitrogens with zero attached hydrogens (tertiary/aromatic N) is 1. The normalized spacial score (nSPS) is 12.3. The minimum Gasteiger partial charge on any atom is -0.339 e. The Balaban J connectivity index is 2.14. The molecule has 0 radical (unpaired) electrons. The summed E-state index contributed by atoms with van der Waals surface area (Å²) in [7, 11) is 0. The van der Waals surface area contributed by atoms with Gasteiger partial charge in [0.1, 0.15) is 0 Å². The van der Waals surface area contributed by atoms with E-state index < -0.39 is 0 Å². The number of fused-ring (bicyclic) bond motifs is 3. The van der Waals surface area contributed by atoms with Crippen LogP contribution in [0.4, 0.5) is 0 Å². The number of aromatic nitrogens is 1. The van der Waals surface area contributed by atoms with Crippen LogP contribution >= 0.6 is 0 Å². The van der Waals surface area contributed by atoms with E-state index in [2.05, 4.69) is 62.0 Å². The first kappa shape index (κ1) is 13.6. The molecule has 2 heteroatoms. The molecule has 4 rings (SSSR count). The predicted octanol–water partition coefficient (Wildman–Crippen LogP) is 3.06. The Labute approximate surface area is 134 Å². The standard InChI is InChI=1S/C21H18N2/c1-14-7-3-4-9-17(14)13-20-15(2)18-12-11-16-8-5-6-10-19(16)21(18)23(20)22/h3-13H,1,22H2,2H3/b17-13-. The molecule has 0 atom stereocenters. The first-order valence-electron chi connectivity index (χ1n) is 7.70. The minimum absolute atomic E-state index is 1.00. The van der Waals surface area contributed by atoms with Gasteiger partial charge in [0.2, 0.25) is 0 Å². The van der Waals surface area contributed by atoms with E-state index >= 15 is 0 Å². The smallest absolute Gasteiger partial charge is 0.0778 e. The topological polar surface area (TPSA) is 30.9 Å². The zero-order valence-corrected chi connectivity index (χ0v) is 13.1. The van der Waals surface area contributed by atoms with Gasteiger partial charge in [0.25, 0.3) is 0 Å². The molecule has 0 fully saturated rings. The number of rotatable bonds is 1. The van der Waals surface area contributed by atoms with E-state index in [1.807, 2.05) is 18.2 Å². The summed E-state index contributed by atoms with van der Waals surface area (Å²) >= 11 is 0. The summed E-state index contributed by atoms with van der Waals surface area (Å²) in [4.78, 5) is 0. The monoisotopic (exact) mass is 298 g/mol. The molecule has 2 N–H and O–H groups in total. The van der Waals surface area contributed by atoms with Gasteiger partial charge in [-0.2, -0.15) is 0 Å². The molecule has 0 saturated carbocycles. The van der Waals surface area contributed by atoms with E-state index in [-0.39, 0.29) is 0 Å². The molecule has 0 aliphatic carbocycles. The molecule has 112 valence electrons. The van der Waals surface area contributed by atoms with Crippen LogP contribution in [0.15, 0.2) is 60.7 Å². The summed E-state index contributed by atoms with van der Waals surface area (Å²) in [5, 5.41) is 5.67. The number of nitrogen functional groups attached to an aromatic ring is 1. The Morgan fingerprint density at radius 2 is 1.65 bits per heavy atom. The van der Waals surface area contributed by atoms with Crippen molar-refractivity contribution in [1.29, 1.82) is 0 Å². The second kappa shape index (κ2) is 5.03. The molecule has 0 saturated heterocycles. The van der Waals surface area contributed by atoms with Crippen LogP contribution in [-0.4, -0.2) is 4.68 Å². The van der Waals surface area contributed by atoms with Crippen molar-refractivity contribution in [2.45, 2.75) is 6.92 Å². The van der Waals surface area contributed by atoms with Gasteiger partial charge in [-0.3, -0.25) is 4.68 Å². The van der Waals surface area contributed by atoms with Gasteiger partial charge < -0.3 is 5.84 Å². The highest BCUT2D eigenvalue weighted by molar-refractivity contribution is 6.08. The third kappa shape index (κ3) is 2.03. The lowest BCUT2D eigenvalue weighted by molar-refractivity contribution is 1.04. The Kier molecular flexibility index (Phi) is 2.98. The number of benzene rings is 3. The lowest BCUT2D eigenvalue weighted by atomic mass is 10.1. The average molecular weight is 298 g/mol. The molecule has 0 amide bonds. The first-order valence-corrected chi connectivity index (χ1v) is 7.70. The molecule has 4 aromatic rings. The van der Waals surface area contributed by atoms with Gasteiger partial charge in [0.15, 0.2) is 0 Å². The fourth-order valence-corrected chi connectivity index (χ4v) is 3.26. The molecule has 0 unspecified atom stereocenters. The molecular formula is C21H18N2. The highest BCUT2D eigenvalue weighted by atomic mass is 15.3. The van der Waals surface area contributed by atoms with Crippen LogP contribution in [0, 0.1) is 6.92 Å². The predicted molar refractivity (Wildman–Crippen MR) is 99.1 cm³/mol. The van der Waals surface area contributed by atoms with E-state index in [1.165, 1.54) is 21.7 Å². The molecule has 0 bridgehead atoms. The summed E-state index contributed by atoms with van der Waals surface area (Å²) < 4.78 is 1.80. The highest BCUT2D eigenvalue weighted by Gasteiger charge is 2.13. The Bertz CT molecular complexity index is 1150. The third-order valence-corrected chi connectivity index (χ3v) is 4.54. The van der Waals surface area contributed by atoms with Crippen molar-refractivity contribution in [3.8, 4) is 0 Å². The quantitative estimate of drug-likeness (QED) is 0.538. The van der Waals surface area contributed by atoms with E-state index in [4.69, 9.17) is 5.84 Å². The van der Waals surface area contributed by atoms with Crippen LogP contribution in [0.2, 0.25) is 0 Å². The minimum atomic E-state index is 1.00. The molecule has 1 heterocycles. The number of hydrogen-bond donors (Lipinski definition) is 1. The highest BCUT2D eigenvalue weighted by Crippen LogP contribution is 2.30. The van der Waals surface area contributed by atoms with E-state index in [0.717, 1.165) is 21.6 Å². The third-order valence-electron chi connectivity index (χ3n) is 4.54. The van der Waals surface area contributed by atoms with E-state index in [1.54, 1.807) is 4.68 Å². The molecule has 1 aromatic heterocycles. The van der Waals surface area contributed by atoms with Gasteiger partial charge in [-0.05, 0) is 34.4 Å². The van der Waals surface area contributed by atoms with E-state index in [9.17, 15) is 0 Å². The molecule has 0 spiro atoms. The summed E-state index contributed by atoms with van der Waals surface area (Å²) in [5.74, 6) is 6.47. The summed E-state index contributed by atoms with van der Waals surface area (Å²) in [6.07, 6.45) is 2.12. The van der Waals surface area contributed by atoms with Gasteiger partial charge in [-0.25, -0.2) is 0 Å². The summed E-state index contributed by atoms with van der Waals surface area (Å²) in [6.45, 7) is 6.22. The van der Waals surface area contributed by atoms with E-state index in [0.29, 0.717) is 0 Å². The Hall–Kier alpha value is -3.00. The SMILES string of the molecule is C=c1cccc/c1=C/c1c(C)c2ccc3ccccc3c2n1N. The summed E-state index contributed by atoms with van der Waals surface area (Å²) in [5.41, 5.74) is 3.29. The van der Waals surface area contributed by atoms with Crippen molar-refractivity contribution in [1.82, 2.24) is 4.68 Å². The van der Waals surface area contributed by atoms with Crippen molar-refractivity contribution < 1.29 is 0 Å². The molecular weight excluding hydrogens is 280 g/mol. The lowest BCUT2D eigenvalue weighted by Gasteiger charge is -2.04. The van der Waals surface area contributed by atoms with Crippen molar-refractivity contribution in [3.05, 3.63) is 82.4 Å². The van der Waals surface area contributed by atoms with Crippen molar-refractivity contribution >= 4 is 34.3 Å². The zero-order chi connectivity index (χ0) is 16.0. The largest absolute Gasteiger partial charge is 0.339 e. The van der Waals surface area contributed by atoms with Crippen molar-refractivity contribution in [3.63, 3.8) is 0 Å². The Morgan fingerprint density at radius 1 is 0.913 bits per heavy atom. The molecule has 0 aliphatic rings. The molecule has 23 heavy (non-hydrogen) atoms. The maximum atomic E-state index is 6.47. The summed E-state index contributed by atoms with van der Waals surface area (Å²) in [6, 6.07) is 20.8. The molecule has 2 nitrogen and oxygen atoms in total. The fourth-order valence-electron chi connectivity index (χ4n) is 3.26. The van der Waals surface area contributed by atoms with Crippen LogP contribution in [0.25, 0.3) is 34.3 Å². The molecule has 0 aliphatic heterocycles. The second-order valence-electron chi connectivity index (χ2n) is 5.91. The molecule has 3 aromatic carbocycles. The van der Waals surface area contributed by atoms with Gasteiger partial charge in [-0.1, -0.05) is 67.2 Å². The van der Waals surface area contributed by atoms with Crippen LogP contribution in [0.5, 0.6) is 0 Å². The maximum absolute atomic E-state index is 6.47. The lowest BCUT2D eigenvalue weighted by Crippen LogP contribution is -2.23. The van der Waals surface area contributed by atoms with Gasteiger partial charge in [0, 0.05) is 10.8 Å². The maximum Gasteiger partial charge on any atom is 0.0778 e. The van der Waals surface area contributed by atoms with Crippen LogP contribution < -0.4 is 16.3 Å². The van der Waals surface area contributed by atoms with Gasteiger partial charge in [0.05, 0.1) is 11.2 Å². The Morgan fingerprint density at radius 3 is 2.48 bits per heavy atom.